The van der Waals surface area contributed by atoms with E-state index in [1.807, 2.05) is 30.0 Å². The van der Waals surface area contributed by atoms with Crippen molar-refractivity contribution in [2.24, 2.45) is 11.7 Å². The second kappa shape index (κ2) is 7.22. The minimum absolute atomic E-state index is 0.0428. The molecule has 1 aliphatic rings. The van der Waals surface area contributed by atoms with Gasteiger partial charge in [0.1, 0.15) is 0 Å². The molecular formula is C15H18N2OS. The maximum absolute atomic E-state index is 12.2. The van der Waals surface area contributed by atoms with Gasteiger partial charge in [0.15, 0.2) is 0 Å². The van der Waals surface area contributed by atoms with Crippen LogP contribution in [0.15, 0.2) is 24.3 Å². The molecule has 1 fully saturated rings. The smallest absolute Gasteiger partial charge is 0.252 e. The highest BCUT2D eigenvalue weighted by atomic mass is 32.2. The van der Waals surface area contributed by atoms with Gasteiger partial charge in [-0.2, -0.15) is 11.8 Å². The van der Waals surface area contributed by atoms with Gasteiger partial charge in [-0.05, 0) is 36.0 Å². The first-order valence-electron chi connectivity index (χ1n) is 6.45. The number of hydrogen-bond donors (Lipinski definition) is 2. The van der Waals surface area contributed by atoms with Crippen molar-refractivity contribution in [1.29, 1.82) is 0 Å². The van der Waals surface area contributed by atoms with Crippen LogP contribution >= 0.6 is 11.8 Å². The van der Waals surface area contributed by atoms with Gasteiger partial charge in [0.05, 0.1) is 12.1 Å². The molecule has 1 unspecified atom stereocenters. The lowest BCUT2D eigenvalue weighted by atomic mass is 10.1. The van der Waals surface area contributed by atoms with Crippen molar-refractivity contribution in [3.63, 3.8) is 0 Å². The molecule has 3 N–H and O–H groups in total. The molecule has 1 aliphatic heterocycles. The molecule has 1 aromatic rings. The highest BCUT2D eigenvalue weighted by Gasteiger charge is 2.17. The Morgan fingerprint density at radius 1 is 1.47 bits per heavy atom. The summed E-state index contributed by atoms with van der Waals surface area (Å²) in [7, 11) is 0. The quantitative estimate of drug-likeness (QED) is 0.821. The zero-order valence-electron chi connectivity index (χ0n) is 10.8. The fourth-order valence-corrected chi connectivity index (χ4v) is 3.30. The zero-order valence-corrected chi connectivity index (χ0v) is 11.6. The Bertz CT molecular complexity index is 498. The third kappa shape index (κ3) is 4.02. The van der Waals surface area contributed by atoms with Gasteiger partial charge in [-0.25, -0.2) is 0 Å². The monoisotopic (exact) mass is 274 g/mol. The van der Waals surface area contributed by atoms with Crippen molar-refractivity contribution in [2.75, 3.05) is 24.6 Å². The molecule has 3 nitrogen and oxygen atoms in total. The molecule has 1 atom stereocenters. The summed E-state index contributed by atoms with van der Waals surface area (Å²) >= 11 is 1.96. The molecule has 1 saturated heterocycles. The number of nitrogens with two attached hydrogens (primary N) is 1. The van der Waals surface area contributed by atoms with E-state index >= 15 is 0 Å². The highest BCUT2D eigenvalue weighted by molar-refractivity contribution is 7.99. The predicted molar refractivity (Wildman–Crippen MR) is 80.1 cm³/mol. The second-order valence-electron chi connectivity index (χ2n) is 4.49. The molecule has 0 spiro atoms. The molecule has 1 amide bonds. The lowest BCUT2D eigenvalue weighted by Gasteiger charge is -2.10. The van der Waals surface area contributed by atoms with E-state index in [0.29, 0.717) is 18.0 Å². The van der Waals surface area contributed by atoms with E-state index in [0.717, 1.165) is 17.9 Å². The molecule has 0 bridgehead atoms. The number of nitrogens with one attached hydrogen (secondary N) is 1. The van der Waals surface area contributed by atoms with Crippen LogP contribution in [0.3, 0.4) is 0 Å². The Morgan fingerprint density at radius 2 is 2.32 bits per heavy atom. The number of rotatable bonds is 3. The molecule has 0 radical (unpaired) electrons. The first kappa shape index (κ1) is 14.0. The minimum Gasteiger partial charge on any atom is -0.352 e. The first-order valence-corrected chi connectivity index (χ1v) is 7.60. The standard InChI is InChI=1S/C15H18N2OS/c16-8-3-5-13-4-1-2-6-14(13)15(18)17-10-12-7-9-19-11-12/h1-2,4,6,12H,7-11,16H2,(H,17,18). The number of benzene rings is 1. The van der Waals surface area contributed by atoms with E-state index in [4.69, 9.17) is 5.73 Å². The fourth-order valence-electron chi connectivity index (χ4n) is 2.01. The first-order chi connectivity index (χ1) is 9.31. The maximum atomic E-state index is 12.2. The Hall–Kier alpha value is -1.44. The lowest BCUT2D eigenvalue weighted by Crippen LogP contribution is -2.29. The average Bonchev–Trinajstić information content (AvgIpc) is 2.96. The van der Waals surface area contributed by atoms with E-state index in [9.17, 15) is 4.79 Å². The topological polar surface area (TPSA) is 55.1 Å². The predicted octanol–water partition coefficient (Wildman–Crippen LogP) is 1.48. The van der Waals surface area contributed by atoms with E-state index in [1.165, 1.54) is 12.2 Å². The summed E-state index contributed by atoms with van der Waals surface area (Å²) in [5.74, 6) is 8.65. The van der Waals surface area contributed by atoms with Crippen molar-refractivity contribution < 1.29 is 4.79 Å². The molecule has 100 valence electrons. The van der Waals surface area contributed by atoms with Crippen LogP contribution in [0.2, 0.25) is 0 Å². The minimum atomic E-state index is -0.0428. The third-order valence-electron chi connectivity index (χ3n) is 3.07. The van der Waals surface area contributed by atoms with Gasteiger partial charge in [0.25, 0.3) is 5.91 Å². The van der Waals surface area contributed by atoms with Crippen molar-refractivity contribution in [2.45, 2.75) is 6.42 Å². The molecule has 0 aliphatic carbocycles. The second-order valence-corrected chi connectivity index (χ2v) is 5.64. The van der Waals surface area contributed by atoms with Crippen molar-refractivity contribution in [3.05, 3.63) is 35.4 Å². The average molecular weight is 274 g/mol. The third-order valence-corrected chi connectivity index (χ3v) is 4.30. The van der Waals surface area contributed by atoms with Gasteiger partial charge in [-0.15, -0.1) is 0 Å². The van der Waals surface area contributed by atoms with E-state index < -0.39 is 0 Å². The van der Waals surface area contributed by atoms with Gasteiger partial charge in [-0.3, -0.25) is 4.79 Å². The Balaban J connectivity index is 2.01. The van der Waals surface area contributed by atoms with Crippen LogP contribution in [0.25, 0.3) is 0 Å². The van der Waals surface area contributed by atoms with Gasteiger partial charge in [0, 0.05) is 12.1 Å². The summed E-state index contributed by atoms with van der Waals surface area (Å²) < 4.78 is 0. The highest BCUT2D eigenvalue weighted by Crippen LogP contribution is 2.22. The van der Waals surface area contributed by atoms with E-state index in [2.05, 4.69) is 17.2 Å². The van der Waals surface area contributed by atoms with Crippen molar-refractivity contribution >= 4 is 17.7 Å². The number of carbonyl (C=O) groups excluding carboxylic acids is 1. The van der Waals surface area contributed by atoms with Gasteiger partial charge < -0.3 is 11.1 Å². The summed E-state index contributed by atoms with van der Waals surface area (Å²) in [5, 5.41) is 3.01. The van der Waals surface area contributed by atoms with Crippen LogP contribution in [-0.2, 0) is 0 Å². The van der Waals surface area contributed by atoms with E-state index in [-0.39, 0.29) is 5.91 Å². The Morgan fingerprint density at radius 3 is 3.05 bits per heavy atom. The van der Waals surface area contributed by atoms with Gasteiger partial charge >= 0.3 is 0 Å². The molecular weight excluding hydrogens is 256 g/mol. The summed E-state index contributed by atoms with van der Waals surface area (Å²) in [6, 6.07) is 7.39. The molecule has 19 heavy (non-hydrogen) atoms. The van der Waals surface area contributed by atoms with Gasteiger partial charge in [-0.1, -0.05) is 24.0 Å². The summed E-state index contributed by atoms with van der Waals surface area (Å²) in [6.45, 7) is 1.06. The zero-order chi connectivity index (χ0) is 13.5. The summed E-state index contributed by atoms with van der Waals surface area (Å²) in [6.07, 6.45) is 1.19. The molecule has 4 heteroatoms. The van der Waals surface area contributed by atoms with Crippen LogP contribution in [0, 0.1) is 17.8 Å². The van der Waals surface area contributed by atoms with Crippen LogP contribution in [0.5, 0.6) is 0 Å². The lowest BCUT2D eigenvalue weighted by molar-refractivity contribution is 0.0948. The van der Waals surface area contributed by atoms with Crippen molar-refractivity contribution in [3.8, 4) is 11.8 Å². The molecule has 0 aromatic heterocycles. The summed E-state index contributed by atoms with van der Waals surface area (Å²) in [5.41, 5.74) is 6.74. The molecule has 1 heterocycles. The largest absolute Gasteiger partial charge is 0.352 e. The number of hydrogen-bond acceptors (Lipinski definition) is 3. The molecule has 0 saturated carbocycles. The van der Waals surface area contributed by atoms with Crippen LogP contribution in [0.1, 0.15) is 22.3 Å². The fraction of sp³-hybridized carbons (Fsp3) is 0.400. The molecule has 2 rings (SSSR count). The Kier molecular flexibility index (Phi) is 5.31. The van der Waals surface area contributed by atoms with E-state index in [1.54, 1.807) is 6.07 Å². The number of thioether (sulfide) groups is 1. The van der Waals surface area contributed by atoms with Crippen LogP contribution in [0.4, 0.5) is 0 Å². The number of carbonyl (C=O) groups is 1. The normalized spacial score (nSPS) is 17.6. The van der Waals surface area contributed by atoms with Gasteiger partial charge in [0.2, 0.25) is 0 Å². The Labute approximate surface area is 118 Å². The SMILES string of the molecule is NCC#Cc1ccccc1C(=O)NCC1CCSC1. The van der Waals surface area contributed by atoms with Crippen LogP contribution < -0.4 is 11.1 Å². The van der Waals surface area contributed by atoms with Crippen molar-refractivity contribution in [1.82, 2.24) is 5.32 Å². The number of amides is 1. The van der Waals surface area contributed by atoms with Crippen LogP contribution in [-0.4, -0.2) is 30.5 Å². The molecule has 1 aromatic carbocycles. The maximum Gasteiger partial charge on any atom is 0.252 e. The summed E-state index contributed by atoms with van der Waals surface area (Å²) in [4.78, 5) is 12.2.